The van der Waals surface area contributed by atoms with Gasteiger partial charge < -0.3 is 5.11 Å². The van der Waals surface area contributed by atoms with Gasteiger partial charge in [0, 0.05) is 24.4 Å². The van der Waals surface area contributed by atoms with Crippen molar-refractivity contribution in [2.24, 2.45) is 0 Å². The Hall–Kier alpha value is -0.960. The van der Waals surface area contributed by atoms with E-state index < -0.39 is 6.10 Å². The van der Waals surface area contributed by atoms with E-state index in [4.69, 9.17) is 5.11 Å². The summed E-state index contributed by atoms with van der Waals surface area (Å²) in [6, 6.07) is 0. The summed E-state index contributed by atoms with van der Waals surface area (Å²) in [7, 11) is 0. The summed E-state index contributed by atoms with van der Waals surface area (Å²) in [5, 5.41) is 9.11. The lowest BCUT2D eigenvalue weighted by atomic mass is 10.2. The maximum absolute atomic E-state index is 9.11. The first-order valence-electron chi connectivity index (χ1n) is 4.73. The smallest absolute Gasteiger partial charge is 0.127 e. The summed E-state index contributed by atoms with van der Waals surface area (Å²) in [6.07, 6.45) is 3.69. The number of aliphatic hydroxyl groups is 1. The number of hydrogen-bond donors (Lipinski definition) is 1. The Morgan fingerprint density at radius 1 is 1.31 bits per heavy atom. The van der Waals surface area contributed by atoms with Gasteiger partial charge in [-0.05, 0) is 6.92 Å². The van der Waals surface area contributed by atoms with Crippen LogP contribution in [0.5, 0.6) is 0 Å². The lowest BCUT2D eigenvalue weighted by Crippen LogP contribution is -1.97. The molecule has 0 aliphatic heterocycles. The van der Waals surface area contributed by atoms with Gasteiger partial charge in [0.2, 0.25) is 0 Å². The Bertz CT molecular complexity index is 219. The molecule has 13 heavy (non-hydrogen) atoms. The van der Waals surface area contributed by atoms with Crippen LogP contribution in [0, 0.1) is 0 Å². The summed E-state index contributed by atoms with van der Waals surface area (Å²) in [5.41, 5.74) is 0.766. The second kappa shape index (κ2) is 6.54. The van der Waals surface area contributed by atoms with Gasteiger partial charge in [0.15, 0.2) is 0 Å². The molecule has 1 aromatic rings. The van der Waals surface area contributed by atoms with E-state index in [0.717, 1.165) is 17.8 Å². The van der Waals surface area contributed by atoms with E-state index in [1.807, 2.05) is 20.8 Å². The van der Waals surface area contributed by atoms with Gasteiger partial charge in [-0.1, -0.05) is 20.8 Å². The van der Waals surface area contributed by atoms with Crippen molar-refractivity contribution >= 4 is 0 Å². The van der Waals surface area contributed by atoms with Crippen LogP contribution in [0.1, 0.15) is 45.2 Å². The van der Waals surface area contributed by atoms with Gasteiger partial charge in [-0.2, -0.15) is 0 Å². The van der Waals surface area contributed by atoms with E-state index >= 15 is 0 Å². The zero-order valence-electron chi connectivity index (χ0n) is 8.78. The summed E-state index contributed by atoms with van der Waals surface area (Å²) in [4.78, 5) is 8.09. The lowest BCUT2D eigenvalue weighted by molar-refractivity contribution is 0.198. The van der Waals surface area contributed by atoms with E-state index in [9.17, 15) is 0 Å². The molecule has 0 spiro atoms. The first kappa shape index (κ1) is 12.0. The summed E-state index contributed by atoms with van der Waals surface area (Å²) in [5.74, 6) is 0.814. The molecule has 3 nitrogen and oxygen atoms in total. The molecule has 0 aliphatic carbocycles. The van der Waals surface area contributed by atoms with Crippen LogP contribution in [0.4, 0.5) is 0 Å². The molecule has 1 rings (SSSR count). The Kier molecular flexibility index (Phi) is 6.06. The Morgan fingerprint density at radius 3 is 2.08 bits per heavy atom. The van der Waals surface area contributed by atoms with Crippen LogP contribution in [-0.2, 0) is 6.42 Å². The molecule has 3 heteroatoms. The second-order valence-electron chi connectivity index (χ2n) is 2.46. The fourth-order valence-electron chi connectivity index (χ4n) is 0.763. The number of hydrogen-bond acceptors (Lipinski definition) is 3. The molecule has 0 radical (unpaired) electrons. The maximum Gasteiger partial charge on any atom is 0.127 e. The molecule has 0 saturated heterocycles. The van der Waals surface area contributed by atoms with Crippen molar-refractivity contribution in [3.63, 3.8) is 0 Å². The number of aromatic nitrogens is 2. The van der Waals surface area contributed by atoms with E-state index in [1.165, 1.54) is 0 Å². The van der Waals surface area contributed by atoms with Gasteiger partial charge in [0.1, 0.15) is 5.82 Å². The van der Waals surface area contributed by atoms with Gasteiger partial charge in [-0.25, -0.2) is 9.97 Å². The molecule has 0 aromatic carbocycles. The van der Waals surface area contributed by atoms with Gasteiger partial charge in [-0.3, -0.25) is 0 Å². The standard InChI is InChI=1S/C8H12N2O.C2H6/c1-3-8-9-4-7(5-10-8)6(2)11;1-2/h4-6,11H,3H2,1-2H3;1-2H3. The van der Waals surface area contributed by atoms with E-state index in [-0.39, 0.29) is 0 Å². The van der Waals surface area contributed by atoms with E-state index in [0.29, 0.717) is 0 Å². The Morgan fingerprint density at radius 2 is 1.77 bits per heavy atom. The highest BCUT2D eigenvalue weighted by Crippen LogP contribution is 2.07. The molecule has 1 aromatic heterocycles. The molecule has 0 aliphatic rings. The minimum Gasteiger partial charge on any atom is -0.389 e. The van der Waals surface area contributed by atoms with Gasteiger partial charge in [0.05, 0.1) is 6.10 Å². The second-order valence-corrected chi connectivity index (χ2v) is 2.46. The maximum atomic E-state index is 9.11. The largest absolute Gasteiger partial charge is 0.389 e. The van der Waals surface area contributed by atoms with Crippen LogP contribution in [-0.4, -0.2) is 15.1 Å². The quantitative estimate of drug-likeness (QED) is 0.762. The summed E-state index contributed by atoms with van der Waals surface area (Å²) >= 11 is 0. The van der Waals surface area contributed by atoms with Crippen molar-refractivity contribution in [3.05, 3.63) is 23.8 Å². The number of aryl methyl sites for hydroxylation is 1. The number of aliphatic hydroxyl groups excluding tert-OH is 1. The van der Waals surface area contributed by atoms with Gasteiger partial charge in [0.25, 0.3) is 0 Å². The highest BCUT2D eigenvalue weighted by molar-refractivity contribution is 5.07. The average Bonchev–Trinajstić information content (AvgIpc) is 2.21. The number of nitrogens with zero attached hydrogens (tertiary/aromatic N) is 2. The molecular weight excluding hydrogens is 164 g/mol. The van der Waals surface area contributed by atoms with Gasteiger partial charge in [-0.15, -0.1) is 0 Å². The zero-order valence-corrected chi connectivity index (χ0v) is 8.78. The van der Waals surface area contributed by atoms with Crippen molar-refractivity contribution in [2.75, 3.05) is 0 Å². The van der Waals surface area contributed by atoms with Crippen LogP contribution >= 0.6 is 0 Å². The van der Waals surface area contributed by atoms with E-state index in [1.54, 1.807) is 19.3 Å². The van der Waals surface area contributed by atoms with Crippen LogP contribution < -0.4 is 0 Å². The highest BCUT2D eigenvalue weighted by Gasteiger charge is 2.00. The van der Waals surface area contributed by atoms with Crippen molar-refractivity contribution in [2.45, 2.75) is 40.2 Å². The predicted octanol–water partition coefficient (Wildman–Crippen LogP) is 2.12. The predicted molar refractivity (Wildman–Crippen MR) is 53.4 cm³/mol. The molecule has 1 N–H and O–H groups in total. The lowest BCUT2D eigenvalue weighted by Gasteiger charge is -2.02. The van der Waals surface area contributed by atoms with Crippen LogP contribution in [0.3, 0.4) is 0 Å². The summed E-state index contributed by atoms with van der Waals surface area (Å²) in [6.45, 7) is 7.70. The third kappa shape index (κ3) is 3.99. The third-order valence-electron chi connectivity index (χ3n) is 1.52. The van der Waals surface area contributed by atoms with Gasteiger partial charge >= 0.3 is 0 Å². The Labute approximate surface area is 79.9 Å². The highest BCUT2D eigenvalue weighted by atomic mass is 16.3. The molecule has 0 saturated carbocycles. The normalized spacial score (nSPS) is 11.5. The minimum absolute atomic E-state index is 0.471. The monoisotopic (exact) mass is 182 g/mol. The molecule has 0 amide bonds. The fraction of sp³-hybridized carbons (Fsp3) is 0.600. The van der Waals surface area contributed by atoms with Crippen LogP contribution in [0.25, 0.3) is 0 Å². The topological polar surface area (TPSA) is 46.0 Å². The molecule has 1 heterocycles. The number of rotatable bonds is 2. The molecule has 74 valence electrons. The van der Waals surface area contributed by atoms with Crippen LogP contribution in [0.2, 0.25) is 0 Å². The SMILES string of the molecule is CC.CCc1ncc(C(C)O)cn1. The minimum atomic E-state index is -0.471. The van der Waals surface area contributed by atoms with Crippen molar-refractivity contribution in [3.8, 4) is 0 Å². The molecule has 0 fully saturated rings. The molecular formula is C10H18N2O. The van der Waals surface area contributed by atoms with E-state index in [2.05, 4.69) is 9.97 Å². The molecule has 0 bridgehead atoms. The van der Waals surface area contributed by atoms with Crippen molar-refractivity contribution < 1.29 is 5.11 Å². The molecule has 1 unspecified atom stereocenters. The first-order chi connectivity index (χ1) is 6.24. The third-order valence-corrected chi connectivity index (χ3v) is 1.52. The first-order valence-corrected chi connectivity index (χ1v) is 4.73. The van der Waals surface area contributed by atoms with Crippen molar-refractivity contribution in [1.29, 1.82) is 0 Å². The van der Waals surface area contributed by atoms with Crippen molar-refractivity contribution in [1.82, 2.24) is 9.97 Å². The fourth-order valence-corrected chi connectivity index (χ4v) is 0.763. The average molecular weight is 182 g/mol. The Balaban J connectivity index is 0.000000671. The summed E-state index contributed by atoms with van der Waals surface area (Å²) < 4.78 is 0. The zero-order chi connectivity index (χ0) is 10.3. The van der Waals surface area contributed by atoms with Crippen LogP contribution in [0.15, 0.2) is 12.4 Å². The molecule has 1 atom stereocenters.